The molecule has 0 bridgehead atoms. The van der Waals surface area contributed by atoms with Gasteiger partial charge in [0.05, 0.1) is 22.7 Å². The number of imidazole rings is 1. The number of ether oxygens (including phenoxy) is 1. The van der Waals surface area contributed by atoms with E-state index in [1.165, 1.54) is 0 Å². The van der Waals surface area contributed by atoms with Gasteiger partial charge in [0.25, 0.3) is 0 Å². The molecule has 0 atom stereocenters. The summed E-state index contributed by atoms with van der Waals surface area (Å²) < 4.78 is 7.37. The van der Waals surface area contributed by atoms with Crippen LogP contribution < -0.4 is 5.69 Å². The van der Waals surface area contributed by atoms with Crippen molar-refractivity contribution in [1.29, 1.82) is 5.26 Å². The van der Waals surface area contributed by atoms with Crippen molar-refractivity contribution in [3.63, 3.8) is 0 Å². The number of nitriles is 1. The van der Waals surface area contributed by atoms with E-state index < -0.39 is 0 Å². The van der Waals surface area contributed by atoms with Gasteiger partial charge in [-0.3, -0.25) is 4.57 Å². The van der Waals surface area contributed by atoms with E-state index >= 15 is 0 Å². The molecule has 3 heterocycles. The van der Waals surface area contributed by atoms with E-state index in [9.17, 15) is 10.1 Å². The number of H-pyrrole nitrogens is 1. The molecule has 2 aliphatic rings. The Morgan fingerprint density at radius 2 is 1.85 bits per heavy atom. The summed E-state index contributed by atoms with van der Waals surface area (Å²) >= 11 is 0. The molecule has 1 aromatic carbocycles. The minimum atomic E-state index is -0.0611. The number of benzene rings is 1. The zero-order valence-electron chi connectivity index (χ0n) is 15.0. The van der Waals surface area contributed by atoms with Gasteiger partial charge in [0.15, 0.2) is 0 Å². The highest BCUT2D eigenvalue weighted by Gasteiger charge is 2.28. The summed E-state index contributed by atoms with van der Waals surface area (Å²) in [6, 6.07) is 6.81. The van der Waals surface area contributed by atoms with E-state index in [2.05, 4.69) is 16.0 Å². The number of aromatic nitrogens is 2. The molecular weight excluding hydrogens is 352 g/mol. The Balaban J connectivity index is 0.00000196. The number of piperidine rings is 1. The van der Waals surface area contributed by atoms with E-state index in [1.807, 2.05) is 17.6 Å². The van der Waals surface area contributed by atoms with E-state index in [-0.39, 0.29) is 24.1 Å². The van der Waals surface area contributed by atoms with Gasteiger partial charge >= 0.3 is 5.69 Å². The fraction of sp³-hybridized carbons (Fsp3) is 0.579. The zero-order valence-corrected chi connectivity index (χ0v) is 15.8. The first kappa shape index (κ1) is 19.0. The van der Waals surface area contributed by atoms with Gasteiger partial charge in [0, 0.05) is 38.4 Å². The molecule has 2 aliphatic heterocycles. The molecule has 0 unspecified atom stereocenters. The first-order valence-corrected chi connectivity index (χ1v) is 9.14. The standard InChI is InChI=1S/C19H24N4O2.ClH/c1-13-10-18-17(11-14(13)12-20)21-19(24)23(18)16-2-6-22(7-3-16)15-4-8-25-9-5-15;/h10-11,15-16H,2-9H2,1H3,(H,21,24);1H. The van der Waals surface area contributed by atoms with Crippen LogP contribution in [0.25, 0.3) is 11.0 Å². The smallest absolute Gasteiger partial charge is 0.326 e. The molecule has 0 saturated carbocycles. The Hall–Kier alpha value is -1.81. The molecule has 2 fully saturated rings. The van der Waals surface area contributed by atoms with Crippen LogP contribution in [0.4, 0.5) is 0 Å². The van der Waals surface area contributed by atoms with Crippen LogP contribution in [0.15, 0.2) is 16.9 Å². The summed E-state index contributed by atoms with van der Waals surface area (Å²) in [6.07, 6.45) is 4.22. The average Bonchev–Trinajstić information content (AvgIpc) is 2.96. The summed E-state index contributed by atoms with van der Waals surface area (Å²) in [6.45, 7) is 5.72. The summed E-state index contributed by atoms with van der Waals surface area (Å²) in [5.74, 6) is 0. The lowest BCUT2D eigenvalue weighted by Gasteiger charge is -2.39. The second-order valence-electron chi connectivity index (χ2n) is 7.21. The molecule has 7 heteroatoms. The number of aromatic amines is 1. The number of halogens is 1. The van der Waals surface area contributed by atoms with E-state index in [1.54, 1.807) is 6.07 Å². The van der Waals surface area contributed by atoms with E-state index in [4.69, 9.17) is 4.74 Å². The number of fused-ring (bicyclic) bond motifs is 1. The van der Waals surface area contributed by atoms with E-state index in [0.29, 0.717) is 11.6 Å². The molecule has 1 N–H and O–H groups in total. The highest BCUT2D eigenvalue weighted by atomic mass is 35.5. The fourth-order valence-electron chi connectivity index (χ4n) is 4.32. The molecule has 140 valence electrons. The van der Waals surface area contributed by atoms with Crippen molar-refractivity contribution in [2.24, 2.45) is 0 Å². The lowest BCUT2D eigenvalue weighted by atomic mass is 9.99. The molecule has 2 saturated heterocycles. The van der Waals surface area contributed by atoms with Crippen LogP contribution in [0.3, 0.4) is 0 Å². The maximum absolute atomic E-state index is 12.5. The van der Waals surface area contributed by atoms with Crippen molar-refractivity contribution in [3.05, 3.63) is 33.7 Å². The van der Waals surface area contributed by atoms with Crippen LogP contribution in [0.2, 0.25) is 0 Å². The van der Waals surface area contributed by atoms with Gasteiger partial charge in [-0.05, 0) is 50.3 Å². The molecule has 2 aromatic rings. The third kappa shape index (κ3) is 3.39. The number of rotatable bonds is 2. The minimum absolute atomic E-state index is 0. The monoisotopic (exact) mass is 376 g/mol. The maximum Gasteiger partial charge on any atom is 0.326 e. The van der Waals surface area contributed by atoms with Crippen LogP contribution in [-0.2, 0) is 4.74 Å². The first-order chi connectivity index (χ1) is 12.2. The average molecular weight is 377 g/mol. The van der Waals surface area contributed by atoms with Crippen molar-refractivity contribution in [1.82, 2.24) is 14.5 Å². The third-order valence-corrected chi connectivity index (χ3v) is 5.75. The number of nitrogens with one attached hydrogen (secondary N) is 1. The predicted molar refractivity (Wildman–Crippen MR) is 103 cm³/mol. The highest BCUT2D eigenvalue weighted by Crippen LogP contribution is 2.28. The second-order valence-corrected chi connectivity index (χ2v) is 7.21. The SMILES string of the molecule is Cc1cc2c(cc1C#N)[nH]c(=O)n2C1CCN(C2CCOCC2)CC1.Cl. The number of aryl methyl sites for hydroxylation is 1. The highest BCUT2D eigenvalue weighted by molar-refractivity contribution is 5.85. The number of hydrogen-bond acceptors (Lipinski definition) is 4. The number of hydrogen-bond donors (Lipinski definition) is 1. The fourth-order valence-corrected chi connectivity index (χ4v) is 4.32. The Bertz CT molecular complexity index is 868. The first-order valence-electron chi connectivity index (χ1n) is 9.14. The summed E-state index contributed by atoms with van der Waals surface area (Å²) in [4.78, 5) is 18.0. The Morgan fingerprint density at radius 1 is 1.15 bits per heavy atom. The maximum atomic E-state index is 12.5. The molecule has 1 aromatic heterocycles. The molecule has 0 aliphatic carbocycles. The Labute approximate surface area is 159 Å². The third-order valence-electron chi connectivity index (χ3n) is 5.75. The van der Waals surface area contributed by atoms with Crippen LogP contribution in [0.5, 0.6) is 0 Å². The Kier molecular flexibility index (Phi) is 5.71. The Morgan fingerprint density at radius 3 is 2.50 bits per heavy atom. The van der Waals surface area contributed by atoms with Crippen LogP contribution >= 0.6 is 12.4 Å². The van der Waals surface area contributed by atoms with Crippen molar-refractivity contribution in [2.45, 2.75) is 44.7 Å². The molecule has 0 amide bonds. The van der Waals surface area contributed by atoms with Gasteiger partial charge in [0.2, 0.25) is 0 Å². The largest absolute Gasteiger partial charge is 0.381 e. The molecule has 0 spiro atoms. The van der Waals surface area contributed by atoms with Gasteiger partial charge in [-0.25, -0.2) is 4.79 Å². The van der Waals surface area contributed by atoms with Crippen molar-refractivity contribution >= 4 is 23.4 Å². The lowest BCUT2D eigenvalue weighted by molar-refractivity contribution is 0.0220. The topological polar surface area (TPSA) is 74.0 Å². The summed E-state index contributed by atoms with van der Waals surface area (Å²) in [5.41, 5.74) is 3.16. The summed E-state index contributed by atoms with van der Waals surface area (Å²) in [7, 11) is 0. The number of likely N-dealkylation sites (tertiary alicyclic amines) is 1. The van der Waals surface area contributed by atoms with Crippen molar-refractivity contribution in [3.8, 4) is 6.07 Å². The number of nitrogens with zero attached hydrogens (tertiary/aromatic N) is 3. The van der Waals surface area contributed by atoms with Gasteiger partial charge in [0.1, 0.15) is 0 Å². The lowest BCUT2D eigenvalue weighted by Crippen LogP contribution is -2.45. The summed E-state index contributed by atoms with van der Waals surface area (Å²) in [5, 5.41) is 9.19. The predicted octanol–water partition coefficient (Wildman–Crippen LogP) is 2.75. The van der Waals surface area contributed by atoms with E-state index in [0.717, 1.165) is 68.6 Å². The van der Waals surface area contributed by atoms with Gasteiger partial charge in [-0.2, -0.15) is 5.26 Å². The van der Waals surface area contributed by atoms with Crippen molar-refractivity contribution in [2.75, 3.05) is 26.3 Å². The quantitative estimate of drug-likeness (QED) is 0.874. The van der Waals surface area contributed by atoms with Gasteiger partial charge < -0.3 is 14.6 Å². The van der Waals surface area contributed by atoms with Gasteiger partial charge in [-0.15, -0.1) is 12.4 Å². The minimum Gasteiger partial charge on any atom is -0.381 e. The molecule has 26 heavy (non-hydrogen) atoms. The zero-order chi connectivity index (χ0) is 17.4. The van der Waals surface area contributed by atoms with Crippen LogP contribution in [0, 0.1) is 18.3 Å². The normalized spacial score (nSPS) is 20.0. The second kappa shape index (κ2) is 7.83. The molecular formula is C19H25ClN4O2. The van der Waals surface area contributed by atoms with Crippen LogP contribution in [-0.4, -0.2) is 46.8 Å². The molecule has 0 radical (unpaired) electrons. The van der Waals surface area contributed by atoms with Crippen molar-refractivity contribution < 1.29 is 4.74 Å². The van der Waals surface area contributed by atoms with Gasteiger partial charge in [-0.1, -0.05) is 0 Å². The van der Waals surface area contributed by atoms with Crippen LogP contribution in [0.1, 0.15) is 42.9 Å². The molecule has 6 nitrogen and oxygen atoms in total. The molecule has 4 rings (SSSR count).